The van der Waals surface area contributed by atoms with Crippen LogP contribution in [0.15, 0.2) is 16.9 Å². The quantitative estimate of drug-likeness (QED) is 0.771. The average Bonchev–Trinajstić information content (AvgIpc) is 2.29. The zero-order valence-electron chi connectivity index (χ0n) is 9.31. The molecule has 1 aromatic rings. The molecule has 0 aliphatic rings. The number of methoxy groups -OCH3 is 1. The second kappa shape index (κ2) is 6.42. The molecule has 0 aliphatic carbocycles. The van der Waals surface area contributed by atoms with Crippen LogP contribution in [-0.4, -0.2) is 36.1 Å². The van der Waals surface area contributed by atoms with E-state index in [1.165, 1.54) is 7.11 Å². The molecule has 6 heteroatoms. The van der Waals surface area contributed by atoms with Crippen molar-refractivity contribution in [2.24, 2.45) is 0 Å². The fourth-order valence-electron chi connectivity index (χ4n) is 1.21. The van der Waals surface area contributed by atoms with Crippen LogP contribution in [0.3, 0.4) is 0 Å². The smallest absolute Gasteiger partial charge is 0.325 e. The van der Waals surface area contributed by atoms with Crippen molar-refractivity contribution >= 4 is 27.8 Å². The van der Waals surface area contributed by atoms with E-state index in [0.29, 0.717) is 5.95 Å². The molecule has 0 aromatic carbocycles. The summed E-state index contributed by atoms with van der Waals surface area (Å²) in [4.78, 5) is 21.3. The highest BCUT2D eigenvalue weighted by Crippen LogP contribution is 2.11. The highest BCUT2D eigenvalue weighted by atomic mass is 79.9. The molecule has 1 rings (SSSR count). The third-order valence-electron chi connectivity index (χ3n) is 1.93. The van der Waals surface area contributed by atoms with Gasteiger partial charge in [0.25, 0.3) is 0 Å². The number of rotatable bonds is 5. The van der Waals surface area contributed by atoms with Crippen molar-refractivity contribution in [3.63, 3.8) is 0 Å². The van der Waals surface area contributed by atoms with E-state index in [9.17, 15) is 4.79 Å². The van der Waals surface area contributed by atoms with E-state index in [1.54, 1.807) is 17.3 Å². The van der Waals surface area contributed by atoms with Crippen LogP contribution in [0, 0.1) is 0 Å². The molecule has 0 unspecified atom stereocenters. The maximum absolute atomic E-state index is 11.2. The van der Waals surface area contributed by atoms with Crippen molar-refractivity contribution < 1.29 is 9.53 Å². The Labute approximate surface area is 103 Å². The number of hydrogen-bond donors (Lipinski definition) is 0. The first-order valence-electron chi connectivity index (χ1n) is 4.96. The number of ether oxygens (including phenoxy) is 1. The van der Waals surface area contributed by atoms with Gasteiger partial charge in [0.1, 0.15) is 6.54 Å². The van der Waals surface area contributed by atoms with Gasteiger partial charge in [0, 0.05) is 18.9 Å². The summed E-state index contributed by atoms with van der Waals surface area (Å²) in [5.74, 6) is 0.246. The van der Waals surface area contributed by atoms with Gasteiger partial charge < -0.3 is 9.64 Å². The van der Waals surface area contributed by atoms with Crippen molar-refractivity contribution in [1.29, 1.82) is 0 Å². The van der Waals surface area contributed by atoms with Gasteiger partial charge in [-0.3, -0.25) is 4.79 Å². The van der Waals surface area contributed by atoms with Crippen LogP contribution in [-0.2, 0) is 9.53 Å². The highest BCUT2D eigenvalue weighted by molar-refractivity contribution is 9.10. The number of halogens is 1. The normalized spacial score (nSPS) is 9.94. The molecule has 0 amide bonds. The van der Waals surface area contributed by atoms with Crippen LogP contribution in [0.4, 0.5) is 5.95 Å². The van der Waals surface area contributed by atoms with Crippen molar-refractivity contribution in [3.8, 4) is 0 Å². The molecule has 16 heavy (non-hydrogen) atoms. The molecular weight excluding hydrogens is 274 g/mol. The Kier molecular flexibility index (Phi) is 5.18. The van der Waals surface area contributed by atoms with Gasteiger partial charge in [0.05, 0.1) is 11.6 Å². The summed E-state index contributed by atoms with van der Waals surface area (Å²) in [6, 6.07) is 0. The summed E-state index contributed by atoms with van der Waals surface area (Å²) >= 11 is 3.26. The summed E-state index contributed by atoms with van der Waals surface area (Å²) < 4.78 is 5.44. The molecule has 1 aromatic heterocycles. The molecule has 0 aliphatic heterocycles. The topological polar surface area (TPSA) is 55.3 Å². The maximum Gasteiger partial charge on any atom is 0.325 e. The Hall–Kier alpha value is -1.17. The van der Waals surface area contributed by atoms with Gasteiger partial charge in [0.15, 0.2) is 0 Å². The Morgan fingerprint density at radius 2 is 2.12 bits per heavy atom. The van der Waals surface area contributed by atoms with Gasteiger partial charge >= 0.3 is 5.97 Å². The number of aromatic nitrogens is 2. The van der Waals surface area contributed by atoms with E-state index in [1.807, 2.05) is 6.92 Å². The van der Waals surface area contributed by atoms with Crippen LogP contribution in [0.5, 0.6) is 0 Å². The highest BCUT2D eigenvalue weighted by Gasteiger charge is 2.13. The molecule has 0 spiro atoms. The molecule has 0 bridgehead atoms. The second-order valence-electron chi connectivity index (χ2n) is 3.20. The van der Waals surface area contributed by atoms with E-state index in [0.717, 1.165) is 17.4 Å². The Morgan fingerprint density at radius 1 is 1.50 bits per heavy atom. The van der Waals surface area contributed by atoms with Gasteiger partial charge in [-0.05, 0) is 22.4 Å². The maximum atomic E-state index is 11.2. The zero-order valence-corrected chi connectivity index (χ0v) is 10.9. The van der Waals surface area contributed by atoms with Gasteiger partial charge in [-0.1, -0.05) is 6.92 Å². The minimum absolute atomic E-state index is 0.173. The van der Waals surface area contributed by atoms with Crippen LogP contribution in [0.2, 0.25) is 0 Å². The van der Waals surface area contributed by atoms with E-state index in [2.05, 4.69) is 30.6 Å². The molecule has 0 N–H and O–H groups in total. The Balaban J connectivity index is 2.76. The SMILES string of the molecule is CCCN(CC(=O)OC)c1ncc(Br)cn1. The number of hydrogen-bond acceptors (Lipinski definition) is 5. The lowest BCUT2D eigenvalue weighted by atomic mass is 10.4. The molecule has 1 heterocycles. The molecular formula is C10H14BrN3O2. The second-order valence-corrected chi connectivity index (χ2v) is 4.11. The molecule has 88 valence electrons. The lowest BCUT2D eigenvalue weighted by Gasteiger charge is -2.20. The molecule has 0 saturated heterocycles. The van der Waals surface area contributed by atoms with Crippen LogP contribution in [0.25, 0.3) is 0 Å². The van der Waals surface area contributed by atoms with Gasteiger partial charge in [0.2, 0.25) is 5.95 Å². The van der Waals surface area contributed by atoms with Crippen molar-refractivity contribution in [2.45, 2.75) is 13.3 Å². The number of nitrogens with zero attached hydrogens (tertiary/aromatic N) is 3. The minimum atomic E-state index is -0.292. The number of carbonyl (C=O) groups is 1. The van der Waals surface area contributed by atoms with Gasteiger partial charge in [-0.25, -0.2) is 9.97 Å². The predicted octanol–water partition coefficient (Wildman–Crippen LogP) is 1.63. The van der Waals surface area contributed by atoms with E-state index in [4.69, 9.17) is 0 Å². The molecule has 0 atom stereocenters. The predicted molar refractivity (Wildman–Crippen MR) is 64.3 cm³/mol. The average molecular weight is 288 g/mol. The summed E-state index contributed by atoms with van der Waals surface area (Å²) in [6.07, 6.45) is 4.22. The number of esters is 1. The number of carbonyl (C=O) groups excluding carboxylic acids is 1. The van der Waals surface area contributed by atoms with Crippen molar-refractivity contribution in [3.05, 3.63) is 16.9 Å². The van der Waals surface area contributed by atoms with E-state index < -0.39 is 0 Å². The molecule has 0 saturated carbocycles. The monoisotopic (exact) mass is 287 g/mol. The number of anilines is 1. The summed E-state index contributed by atoms with van der Waals surface area (Å²) in [7, 11) is 1.37. The molecule has 0 fully saturated rings. The Bertz CT molecular complexity index is 342. The van der Waals surface area contributed by atoms with E-state index >= 15 is 0 Å². The van der Waals surface area contributed by atoms with Crippen molar-refractivity contribution in [2.75, 3.05) is 25.1 Å². The fourth-order valence-corrected chi connectivity index (χ4v) is 1.41. The first kappa shape index (κ1) is 12.9. The largest absolute Gasteiger partial charge is 0.468 e. The molecule has 5 nitrogen and oxygen atoms in total. The first-order chi connectivity index (χ1) is 7.67. The van der Waals surface area contributed by atoms with Crippen LogP contribution < -0.4 is 4.90 Å². The third-order valence-corrected chi connectivity index (χ3v) is 2.34. The van der Waals surface area contributed by atoms with Crippen LogP contribution in [0.1, 0.15) is 13.3 Å². The Morgan fingerprint density at radius 3 is 2.62 bits per heavy atom. The van der Waals surface area contributed by atoms with Gasteiger partial charge in [-0.15, -0.1) is 0 Å². The lowest BCUT2D eigenvalue weighted by molar-refractivity contribution is -0.138. The zero-order chi connectivity index (χ0) is 12.0. The fraction of sp³-hybridized carbons (Fsp3) is 0.500. The minimum Gasteiger partial charge on any atom is -0.468 e. The standard InChI is InChI=1S/C10H14BrN3O2/c1-3-4-14(7-9(15)16-2)10-12-5-8(11)6-13-10/h5-6H,3-4,7H2,1-2H3. The summed E-state index contributed by atoms with van der Waals surface area (Å²) in [5.41, 5.74) is 0. The van der Waals surface area contributed by atoms with Crippen LogP contribution >= 0.6 is 15.9 Å². The summed E-state index contributed by atoms with van der Waals surface area (Å²) in [5, 5.41) is 0. The third kappa shape index (κ3) is 3.77. The molecule has 0 radical (unpaired) electrons. The lowest BCUT2D eigenvalue weighted by Crippen LogP contribution is -2.32. The van der Waals surface area contributed by atoms with E-state index in [-0.39, 0.29) is 12.5 Å². The first-order valence-corrected chi connectivity index (χ1v) is 5.76. The van der Waals surface area contributed by atoms with Crippen molar-refractivity contribution in [1.82, 2.24) is 9.97 Å². The summed E-state index contributed by atoms with van der Waals surface area (Å²) in [6.45, 7) is 2.92. The van der Waals surface area contributed by atoms with Gasteiger partial charge in [-0.2, -0.15) is 0 Å².